The van der Waals surface area contributed by atoms with Gasteiger partial charge in [-0.2, -0.15) is 0 Å². The van der Waals surface area contributed by atoms with Crippen molar-refractivity contribution in [2.45, 2.75) is 33.6 Å². The number of rotatable bonds is 7. The average Bonchev–Trinajstić information content (AvgIpc) is 3.17. The van der Waals surface area contributed by atoms with Crippen molar-refractivity contribution in [3.63, 3.8) is 0 Å². The molecule has 1 fully saturated rings. The minimum Gasteiger partial charge on any atom is -0.396 e. The molecule has 1 aromatic rings. The summed E-state index contributed by atoms with van der Waals surface area (Å²) in [7, 11) is 0. The van der Waals surface area contributed by atoms with Gasteiger partial charge in [-0.1, -0.05) is 13.8 Å². The molecule has 0 radical (unpaired) electrons. The van der Waals surface area contributed by atoms with Gasteiger partial charge in [0, 0.05) is 38.1 Å². The molecular weight excluding hydrogens is 320 g/mol. The smallest absolute Gasteiger partial charge is 0.194 e. The van der Waals surface area contributed by atoms with Gasteiger partial charge in [-0.25, -0.2) is 0 Å². The van der Waals surface area contributed by atoms with Crippen molar-refractivity contribution in [3.8, 4) is 0 Å². The van der Waals surface area contributed by atoms with Gasteiger partial charge in [0.05, 0.1) is 18.2 Å². The van der Waals surface area contributed by atoms with E-state index in [0.29, 0.717) is 6.54 Å². The molecule has 0 unspecified atom stereocenters. The lowest BCUT2D eigenvalue weighted by atomic mass is 9.83. The zero-order chi connectivity index (χ0) is 17.4. The van der Waals surface area contributed by atoms with Crippen LogP contribution in [0.25, 0.3) is 0 Å². The summed E-state index contributed by atoms with van der Waals surface area (Å²) >= 11 is 1.81. The third-order valence-electron chi connectivity index (χ3n) is 5.13. The summed E-state index contributed by atoms with van der Waals surface area (Å²) in [6.07, 6.45) is 1.91. The van der Waals surface area contributed by atoms with Crippen LogP contribution in [-0.2, 0) is 0 Å². The van der Waals surface area contributed by atoms with Gasteiger partial charge in [0.2, 0.25) is 0 Å². The fraction of sp³-hybridized carbons (Fsp3) is 0.722. The van der Waals surface area contributed by atoms with Crippen LogP contribution >= 0.6 is 11.3 Å². The van der Waals surface area contributed by atoms with Crippen molar-refractivity contribution < 1.29 is 5.11 Å². The molecule has 2 N–H and O–H groups in total. The highest BCUT2D eigenvalue weighted by Crippen LogP contribution is 2.26. The molecule has 6 heteroatoms. The third-order valence-corrected chi connectivity index (χ3v) is 6.06. The Labute approximate surface area is 150 Å². The zero-order valence-corrected chi connectivity index (χ0v) is 16.1. The molecule has 0 spiro atoms. The fourth-order valence-electron chi connectivity index (χ4n) is 3.00. The molecule has 0 atom stereocenters. The van der Waals surface area contributed by atoms with E-state index < -0.39 is 0 Å². The van der Waals surface area contributed by atoms with Crippen LogP contribution in [0.5, 0.6) is 0 Å². The molecule has 2 rings (SSSR count). The maximum atomic E-state index is 9.76. The maximum Gasteiger partial charge on any atom is 0.194 e. The van der Waals surface area contributed by atoms with Crippen LogP contribution in [0.3, 0.4) is 0 Å². The first-order valence-electron chi connectivity index (χ1n) is 9.10. The Morgan fingerprint density at radius 2 is 1.96 bits per heavy atom. The van der Waals surface area contributed by atoms with E-state index in [1.165, 1.54) is 5.00 Å². The first-order chi connectivity index (χ1) is 11.7. The van der Waals surface area contributed by atoms with E-state index in [9.17, 15) is 5.11 Å². The maximum absolute atomic E-state index is 9.76. The molecule has 0 amide bonds. The van der Waals surface area contributed by atoms with Gasteiger partial charge in [0.25, 0.3) is 0 Å². The van der Waals surface area contributed by atoms with Crippen LogP contribution in [-0.4, -0.2) is 61.8 Å². The molecule has 136 valence electrons. The minimum absolute atomic E-state index is 0.0839. The first-order valence-corrected chi connectivity index (χ1v) is 9.98. The Bertz CT molecular complexity index is 483. The number of aliphatic hydroxyl groups is 1. The third kappa shape index (κ3) is 4.63. The largest absolute Gasteiger partial charge is 0.396 e. The van der Waals surface area contributed by atoms with E-state index in [1.54, 1.807) is 11.3 Å². The Hall–Kier alpha value is -1.27. The molecular formula is C18H32N4OS. The molecule has 0 aliphatic carbocycles. The van der Waals surface area contributed by atoms with E-state index >= 15 is 0 Å². The lowest BCUT2D eigenvalue weighted by Gasteiger charge is -2.37. The van der Waals surface area contributed by atoms with Crippen LogP contribution in [0.2, 0.25) is 0 Å². The van der Waals surface area contributed by atoms with Gasteiger partial charge in [-0.3, -0.25) is 4.99 Å². The van der Waals surface area contributed by atoms with Crippen LogP contribution in [0.4, 0.5) is 5.00 Å². The number of hydrogen-bond donors (Lipinski definition) is 2. The second-order valence-corrected chi connectivity index (χ2v) is 7.39. The Kier molecular flexibility index (Phi) is 7.37. The van der Waals surface area contributed by atoms with Gasteiger partial charge in [-0.15, -0.1) is 11.3 Å². The van der Waals surface area contributed by atoms with Crippen LogP contribution in [0.1, 0.15) is 33.6 Å². The predicted octanol–water partition coefficient (Wildman–Crippen LogP) is 2.63. The topological polar surface area (TPSA) is 51.1 Å². The van der Waals surface area contributed by atoms with E-state index in [-0.39, 0.29) is 12.0 Å². The number of hydrogen-bond acceptors (Lipinski definition) is 4. The summed E-state index contributed by atoms with van der Waals surface area (Å²) < 4.78 is 0. The van der Waals surface area contributed by atoms with Gasteiger partial charge in [0.1, 0.15) is 0 Å². The molecule has 1 aliphatic rings. The van der Waals surface area contributed by atoms with Gasteiger partial charge < -0.3 is 20.2 Å². The lowest BCUT2D eigenvalue weighted by Crippen LogP contribution is -2.52. The van der Waals surface area contributed by atoms with Crippen molar-refractivity contribution in [3.05, 3.63) is 17.5 Å². The minimum atomic E-state index is -0.0839. The molecule has 0 bridgehead atoms. The van der Waals surface area contributed by atoms with Crippen molar-refractivity contribution in [1.82, 2.24) is 10.2 Å². The monoisotopic (exact) mass is 352 g/mol. The number of piperazine rings is 1. The number of aliphatic hydroxyl groups excluding tert-OH is 1. The number of anilines is 1. The summed E-state index contributed by atoms with van der Waals surface area (Å²) in [6, 6.07) is 4.31. The standard InChI is InChI=1S/C18H32N4OS/c1-4-18(5-2,15-23)14-20-17(19-6-3)22-11-9-21(10-12-22)16-8-7-13-24-16/h7-8,13,23H,4-6,9-12,14-15H2,1-3H3,(H,19,20). The Morgan fingerprint density at radius 1 is 1.25 bits per heavy atom. The van der Waals surface area contributed by atoms with Crippen LogP contribution in [0, 0.1) is 5.41 Å². The van der Waals surface area contributed by atoms with Crippen LogP contribution < -0.4 is 10.2 Å². The molecule has 24 heavy (non-hydrogen) atoms. The van der Waals surface area contributed by atoms with Crippen molar-refractivity contribution in [2.24, 2.45) is 10.4 Å². The number of nitrogens with zero attached hydrogens (tertiary/aromatic N) is 3. The highest BCUT2D eigenvalue weighted by molar-refractivity contribution is 7.14. The van der Waals surface area contributed by atoms with Gasteiger partial charge in [0.15, 0.2) is 5.96 Å². The van der Waals surface area contributed by atoms with Crippen molar-refractivity contribution >= 4 is 22.3 Å². The second-order valence-electron chi connectivity index (χ2n) is 6.46. The summed E-state index contributed by atoms with van der Waals surface area (Å²) in [6.45, 7) is 12.2. The number of aliphatic imine (C=N–C) groups is 1. The van der Waals surface area contributed by atoms with E-state index in [2.05, 4.69) is 53.4 Å². The van der Waals surface area contributed by atoms with Crippen molar-refractivity contribution in [1.29, 1.82) is 0 Å². The molecule has 1 saturated heterocycles. The number of guanidine groups is 1. The quantitative estimate of drug-likeness (QED) is 0.585. The lowest BCUT2D eigenvalue weighted by molar-refractivity contribution is 0.123. The zero-order valence-electron chi connectivity index (χ0n) is 15.3. The first kappa shape index (κ1) is 19.1. The summed E-state index contributed by atoms with van der Waals surface area (Å²) in [5.74, 6) is 0.989. The number of nitrogens with one attached hydrogen (secondary N) is 1. The predicted molar refractivity (Wildman–Crippen MR) is 104 cm³/mol. The highest BCUT2D eigenvalue weighted by atomic mass is 32.1. The average molecular weight is 353 g/mol. The molecule has 2 heterocycles. The molecule has 0 aromatic carbocycles. The normalized spacial score (nSPS) is 16.6. The van der Waals surface area contributed by atoms with Gasteiger partial charge in [-0.05, 0) is 37.3 Å². The molecule has 1 aliphatic heterocycles. The fourth-order valence-corrected chi connectivity index (χ4v) is 3.79. The number of thiophene rings is 1. The Balaban J connectivity index is 1.99. The molecule has 1 aromatic heterocycles. The summed E-state index contributed by atoms with van der Waals surface area (Å²) in [4.78, 5) is 9.66. The van der Waals surface area contributed by atoms with E-state index in [0.717, 1.165) is 51.5 Å². The Morgan fingerprint density at radius 3 is 2.46 bits per heavy atom. The SMILES string of the molecule is CCNC(=NCC(CC)(CC)CO)N1CCN(c2cccs2)CC1. The van der Waals surface area contributed by atoms with E-state index in [4.69, 9.17) is 4.99 Å². The van der Waals surface area contributed by atoms with Crippen LogP contribution in [0.15, 0.2) is 22.5 Å². The van der Waals surface area contributed by atoms with E-state index in [1.807, 2.05) is 0 Å². The summed E-state index contributed by atoms with van der Waals surface area (Å²) in [5, 5.41) is 16.7. The summed E-state index contributed by atoms with van der Waals surface area (Å²) in [5.41, 5.74) is -0.0839. The molecule has 0 saturated carbocycles. The molecule has 5 nitrogen and oxygen atoms in total. The van der Waals surface area contributed by atoms with Gasteiger partial charge >= 0.3 is 0 Å². The highest BCUT2D eigenvalue weighted by Gasteiger charge is 2.26. The van der Waals surface area contributed by atoms with Crippen molar-refractivity contribution in [2.75, 3.05) is 50.8 Å². The second kappa shape index (κ2) is 9.28.